The van der Waals surface area contributed by atoms with Gasteiger partial charge in [-0.05, 0) is 60.7 Å². The van der Waals surface area contributed by atoms with Gasteiger partial charge in [-0.2, -0.15) is 4.31 Å². The van der Waals surface area contributed by atoms with Gasteiger partial charge < -0.3 is 10.2 Å². The predicted octanol–water partition coefficient (Wildman–Crippen LogP) is 2.91. The Balaban J connectivity index is 1.23. The van der Waals surface area contributed by atoms with E-state index in [1.165, 1.54) is 0 Å². The first-order valence-electron chi connectivity index (χ1n) is 10.8. The van der Waals surface area contributed by atoms with Crippen LogP contribution in [0.1, 0.15) is 17.9 Å². The third-order valence-corrected chi connectivity index (χ3v) is 8.36. The molecule has 32 heavy (non-hydrogen) atoms. The highest BCUT2D eigenvalue weighted by molar-refractivity contribution is 7.89. The molecule has 0 radical (unpaired) electrons. The Bertz CT molecular complexity index is 1250. The number of pyridine rings is 1. The van der Waals surface area contributed by atoms with Crippen molar-refractivity contribution in [2.45, 2.75) is 17.2 Å². The molecule has 2 heterocycles. The number of nitrogens with one attached hydrogen (secondary N) is 1. The van der Waals surface area contributed by atoms with Crippen LogP contribution in [0.25, 0.3) is 10.8 Å². The smallest absolute Gasteiger partial charge is 0.243 e. The maximum atomic E-state index is 12.9. The maximum Gasteiger partial charge on any atom is 0.243 e. The number of aromatic nitrogens is 1. The average Bonchev–Trinajstić information content (AvgIpc) is 3.61. The van der Waals surface area contributed by atoms with E-state index in [1.54, 1.807) is 28.8 Å². The number of benzene rings is 2. The molecule has 8 heteroatoms. The van der Waals surface area contributed by atoms with Crippen molar-refractivity contribution in [1.82, 2.24) is 14.2 Å². The van der Waals surface area contributed by atoms with Gasteiger partial charge in [-0.25, -0.2) is 8.42 Å². The summed E-state index contributed by atoms with van der Waals surface area (Å²) in [4.78, 5) is 19.3. The molecule has 1 aromatic heterocycles. The van der Waals surface area contributed by atoms with Crippen molar-refractivity contribution < 1.29 is 13.2 Å². The molecule has 1 N–H and O–H groups in total. The normalized spacial score (nSPS) is 22.0. The van der Waals surface area contributed by atoms with Crippen LogP contribution in [0.3, 0.4) is 0 Å². The van der Waals surface area contributed by atoms with E-state index in [-0.39, 0.29) is 17.7 Å². The van der Waals surface area contributed by atoms with Crippen LogP contribution in [0.4, 0.5) is 5.69 Å². The molecule has 2 fully saturated rings. The third kappa shape index (κ3) is 4.13. The van der Waals surface area contributed by atoms with Gasteiger partial charge in [0.15, 0.2) is 0 Å². The van der Waals surface area contributed by atoms with Crippen LogP contribution in [0.15, 0.2) is 65.8 Å². The van der Waals surface area contributed by atoms with Crippen molar-refractivity contribution in [3.05, 3.63) is 66.5 Å². The summed E-state index contributed by atoms with van der Waals surface area (Å²) >= 11 is 0. The maximum absolute atomic E-state index is 12.9. The van der Waals surface area contributed by atoms with Crippen molar-refractivity contribution in [3.63, 3.8) is 0 Å². The molecule has 2 aliphatic rings. The number of amides is 1. The number of hydrogen-bond acceptors (Lipinski definition) is 5. The Morgan fingerprint density at radius 2 is 1.75 bits per heavy atom. The first-order valence-corrected chi connectivity index (χ1v) is 12.3. The zero-order valence-electron chi connectivity index (χ0n) is 17.9. The first kappa shape index (κ1) is 21.1. The van der Waals surface area contributed by atoms with E-state index >= 15 is 0 Å². The Morgan fingerprint density at radius 3 is 2.50 bits per heavy atom. The number of rotatable bonds is 5. The predicted molar refractivity (Wildman–Crippen MR) is 124 cm³/mol. The van der Waals surface area contributed by atoms with Gasteiger partial charge in [-0.1, -0.05) is 18.2 Å². The number of likely N-dealkylation sites (N-methyl/N-ethyl adjacent to an activating group) is 1. The SMILES string of the molecule is CN1CCN(S(=O)(=O)c2ccc(C3C[C@H]3C(=O)Nc3ccc4cnccc4c3)cc2)CC1. The lowest BCUT2D eigenvalue weighted by Crippen LogP contribution is -2.46. The topological polar surface area (TPSA) is 82.6 Å². The Kier molecular flexibility index (Phi) is 5.44. The summed E-state index contributed by atoms with van der Waals surface area (Å²) in [5.74, 6) is 0.0285. The molecular formula is C24H26N4O3S. The Morgan fingerprint density at radius 1 is 1.00 bits per heavy atom. The van der Waals surface area contributed by atoms with Crippen LogP contribution in [0.2, 0.25) is 0 Å². The minimum absolute atomic E-state index is 0.00228. The minimum atomic E-state index is -3.47. The van der Waals surface area contributed by atoms with E-state index < -0.39 is 10.0 Å². The number of carbonyl (C=O) groups is 1. The van der Waals surface area contributed by atoms with Crippen LogP contribution in [0, 0.1) is 5.92 Å². The highest BCUT2D eigenvalue weighted by Crippen LogP contribution is 2.48. The molecule has 7 nitrogen and oxygen atoms in total. The summed E-state index contributed by atoms with van der Waals surface area (Å²) in [5, 5.41) is 5.07. The summed E-state index contributed by atoms with van der Waals surface area (Å²) in [6.07, 6.45) is 4.30. The second kappa shape index (κ2) is 8.27. The minimum Gasteiger partial charge on any atom is -0.326 e. The first-order chi connectivity index (χ1) is 15.4. The molecule has 0 spiro atoms. The van der Waals surface area contributed by atoms with Gasteiger partial charge in [0.2, 0.25) is 15.9 Å². The molecule has 1 saturated heterocycles. The average molecular weight is 451 g/mol. The van der Waals surface area contributed by atoms with Crippen LogP contribution in [0.5, 0.6) is 0 Å². The van der Waals surface area contributed by atoms with Gasteiger partial charge in [0.05, 0.1) is 4.90 Å². The summed E-state index contributed by atoms with van der Waals surface area (Å²) in [6, 6.07) is 14.8. The fourth-order valence-electron chi connectivity index (χ4n) is 4.31. The van der Waals surface area contributed by atoms with E-state index in [0.717, 1.165) is 41.5 Å². The van der Waals surface area contributed by atoms with Gasteiger partial charge in [-0.3, -0.25) is 9.78 Å². The molecule has 1 aliphatic heterocycles. The van der Waals surface area contributed by atoms with Crippen molar-refractivity contribution in [2.24, 2.45) is 5.92 Å². The van der Waals surface area contributed by atoms with E-state index in [1.807, 2.05) is 43.4 Å². The Hall–Kier alpha value is -2.81. The summed E-state index contributed by atoms with van der Waals surface area (Å²) in [5.41, 5.74) is 1.78. The fourth-order valence-corrected chi connectivity index (χ4v) is 5.74. The van der Waals surface area contributed by atoms with Crippen molar-refractivity contribution in [1.29, 1.82) is 0 Å². The number of anilines is 1. The highest BCUT2D eigenvalue weighted by atomic mass is 32.2. The number of nitrogens with zero attached hydrogens (tertiary/aromatic N) is 3. The molecule has 2 atom stereocenters. The van der Waals surface area contributed by atoms with Crippen molar-refractivity contribution in [2.75, 3.05) is 38.5 Å². The second-order valence-corrected chi connectivity index (χ2v) is 10.6. The van der Waals surface area contributed by atoms with Crippen LogP contribution in [-0.2, 0) is 14.8 Å². The number of fused-ring (bicyclic) bond motifs is 1. The number of sulfonamides is 1. The van der Waals surface area contributed by atoms with Gasteiger partial charge >= 0.3 is 0 Å². The van der Waals surface area contributed by atoms with Crippen molar-refractivity contribution >= 4 is 32.4 Å². The van der Waals surface area contributed by atoms with E-state index in [2.05, 4.69) is 15.2 Å². The lowest BCUT2D eigenvalue weighted by atomic mass is 10.1. The largest absolute Gasteiger partial charge is 0.326 e. The summed E-state index contributed by atoms with van der Waals surface area (Å²) in [6.45, 7) is 2.50. The van der Waals surface area contributed by atoms with Gasteiger partial charge in [0.25, 0.3) is 0 Å². The molecule has 166 valence electrons. The van der Waals surface area contributed by atoms with Gasteiger partial charge in [0.1, 0.15) is 0 Å². The number of piperazine rings is 1. The van der Waals surface area contributed by atoms with Crippen LogP contribution < -0.4 is 5.32 Å². The van der Waals surface area contributed by atoms with Crippen LogP contribution in [-0.4, -0.2) is 61.7 Å². The van der Waals surface area contributed by atoms with Gasteiger partial charge in [0, 0.05) is 55.6 Å². The van der Waals surface area contributed by atoms with E-state index in [4.69, 9.17) is 0 Å². The molecule has 1 aliphatic carbocycles. The molecular weight excluding hydrogens is 424 g/mol. The standard InChI is InChI=1S/C24H26N4O3S/c1-27-10-12-28(13-11-27)32(30,31)21-6-3-17(4-7-21)22-15-23(22)24(29)26-20-5-2-19-16-25-9-8-18(19)14-20/h2-9,14,16,22-23H,10-13,15H2,1H3,(H,26,29)/t22?,23-/m1/s1. The molecule has 0 bridgehead atoms. The highest BCUT2D eigenvalue weighted by Gasteiger charge is 2.44. The quantitative estimate of drug-likeness (QED) is 0.646. The molecule has 5 rings (SSSR count). The zero-order valence-corrected chi connectivity index (χ0v) is 18.8. The summed E-state index contributed by atoms with van der Waals surface area (Å²) in [7, 11) is -1.47. The zero-order chi connectivity index (χ0) is 22.3. The van der Waals surface area contributed by atoms with Gasteiger partial charge in [-0.15, -0.1) is 0 Å². The lowest BCUT2D eigenvalue weighted by molar-refractivity contribution is -0.117. The second-order valence-electron chi connectivity index (χ2n) is 8.65. The number of hydrogen-bond donors (Lipinski definition) is 1. The van der Waals surface area contributed by atoms with E-state index in [0.29, 0.717) is 18.0 Å². The number of carbonyl (C=O) groups excluding carboxylic acids is 1. The fraction of sp³-hybridized carbons (Fsp3) is 0.333. The third-order valence-electron chi connectivity index (χ3n) is 6.44. The molecule has 1 amide bonds. The summed E-state index contributed by atoms with van der Waals surface area (Å²) < 4.78 is 27.3. The van der Waals surface area contributed by atoms with Crippen molar-refractivity contribution in [3.8, 4) is 0 Å². The molecule has 3 aromatic rings. The lowest BCUT2D eigenvalue weighted by Gasteiger charge is -2.31. The molecule has 2 aromatic carbocycles. The Labute approximate surface area is 188 Å². The molecule has 1 saturated carbocycles. The monoisotopic (exact) mass is 450 g/mol. The van der Waals surface area contributed by atoms with E-state index in [9.17, 15) is 13.2 Å². The molecule has 1 unspecified atom stereocenters. The van der Waals surface area contributed by atoms with Crippen LogP contribution >= 0.6 is 0 Å².